The fourth-order valence-corrected chi connectivity index (χ4v) is 3.39. The smallest absolute Gasteiger partial charge is 0.161 e. The second-order valence-electron chi connectivity index (χ2n) is 5.94. The lowest BCUT2D eigenvalue weighted by atomic mass is 9.87. The molecule has 0 bridgehead atoms. The van der Waals surface area contributed by atoms with Crippen LogP contribution in [0.15, 0.2) is 24.3 Å². The number of hydrogen-bond acceptors (Lipinski definition) is 4. The molecule has 1 aliphatic carbocycles. The third-order valence-electron chi connectivity index (χ3n) is 4.65. The van der Waals surface area contributed by atoms with Crippen molar-refractivity contribution in [3.8, 4) is 34.1 Å². The highest BCUT2D eigenvalue weighted by molar-refractivity contribution is 5.77. The van der Waals surface area contributed by atoms with E-state index in [-0.39, 0.29) is 0 Å². The van der Waals surface area contributed by atoms with Gasteiger partial charge in [0.25, 0.3) is 0 Å². The highest BCUT2D eigenvalue weighted by Gasteiger charge is 2.20. The molecule has 0 aromatic heterocycles. The monoisotopic (exact) mass is 328 g/mol. The average molecular weight is 328 g/mol. The van der Waals surface area contributed by atoms with Crippen LogP contribution in [0, 0.1) is 0 Å². The van der Waals surface area contributed by atoms with Gasteiger partial charge in [0.15, 0.2) is 23.0 Å². The Morgan fingerprint density at radius 2 is 0.875 bits per heavy atom. The zero-order valence-electron chi connectivity index (χ0n) is 14.8. The molecule has 3 rings (SSSR count). The molecule has 0 atom stereocenters. The van der Waals surface area contributed by atoms with Crippen molar-refractivity contribution in [2.75, 3.05) is 28.4 Å². The Balaban J connectivity index is 2.25. The maximum absolute atomic E-state index is 5.51. The lowest BCUT2D eigenvalue weighted by molar-refractivity contribution is 0.354. The number of fused-ring (bicyclic) bond motifs is 3. The first-order valence-electron chi connectivity index (χ1n) is 8.22. The van der Waals surface area contributed by atoms with E-state index >= 15 is 0 Å². The normalized spacial score (nSPS) is 13.2. The molecule has 0 saturated carbocycles. The van der Waals surface area contributed by atoms with E-state index in [2.05, 4.69) is 24.3 Å². The molecule has 4 heteroatoms. The Labute approximate surface area is 143 Å². The minimum Gasteiger partial charge on any atom is -0.493 e. The molecule has 4 nitrogen and oxygen atoms in total. The van der Waals surface area contributed by atoms with Gasteiger partial charge in [-0.1, -0.05) is 0 Å². The maximum atomic E-state index is 5.51. The van der Waals surface area contributed by atoms with Gasteiger partial charge in [-0.15, -0.1) is 0 Å². The lowest BCUT2D eigenvalue weighted by Gasteiger charge is -2.21. The van der Waals surface area contributed by atoms with Gasteiger partial charge in [0.2, 0.25) is 0 Å². The summed E-state index contributed by atoms with van der Waals surface area (Å²) in [6, 6.07) is 8.34. The van der Waals surface area contributed by atoms with E-state index in [4.69, 9.17) is 18.9 Å². The van der Waals surface area contributed by atoms with E-state index < -0.39 is 0 Å². The molecule has 0 fully saturated rings. The Morgan fingerprint density at radius 3 is 1.21 bits per heavy atom. The van der Waals surface area contributed by atoms with Crippen LogP contribution < -0.4 is 18.9 Å². The van der Waals surface area contributed by atoms with Crippen molar-refractivity contribution in [3.63, 3.8) is 0 Å². The molecule has 0 aliphatic heterocycles. The molecule has 0 unspecified atom stereocenters. The van der Waals surface area contributed by atoms with Gasteiger partial charge in [0.1, 0.15) is 0 Å². The molecule has 0 N–H and O–H groups in total. The molecular weight excluding hydrogens is 304 g/mol. The fourth-order valence-electron chi connectivity index (χ4n) is 3.39. The molecule has 0 heterocycles. The van der Waals surface area contributed by atoms with E-state index in [9.17, 15) is 0 Å². The summed E-state index contributed by atoms with van der Waals surface area (Å²) in [5.74, 6) is 3.05. The number of rotatable bonds is 4. The van der Waals surface area contributed by atoms with Gasteiger partial charge in [-0.25, -0.2) is 0 Å². The van der Waals surface area contributed by atoms with Gasteiger partial charge in [0.05, 0.1) is 28.4 Å². The number of aryl methyl sites for hydroxylation is 2. The van der Waals surface area contributed by atoms with Gasteiger partial charge < -0.3 is 18.9 Å². The Kier molecular flexibility index (Phi) is 4.84. The van der Waals surface area contributed by atoms with E-state index in [1.165, 1.54) is 22.3 Å². The highest BCUT2D eigenvalue weighted by Crippen LogP contribution is 2.42. The van der Waals surface area contributed by atoms with Gasteiger partial charge in [-0.05, 0) is 72.2 Å². The maximum Gasteiger partial charge on any atom is 0.161 e. The van der Waals surface area contributed by atoms with Gasteiger partial charge in [-0.3, -0.25) is 0 Å². The number of methoxy groups -OCH3 is 4. The van der Waals surface area contributed by atoms with Crippen molar-refractivity contribution in [1.29, 1.82) is 0 Å². The molecular formula is C20H24O4. The zero-order valence-corrected chi connectivity index (χ0v) is 14.8. The summed E-state index contributed by atoms with van der Waals surface area (Å²) in [7, 11) is 6.69. The van der Waals surface area contributed by atoms with E-state index in [1.807, 2.05) is 0 Å². The summed E-state index contributed by atoms with van der Waals surface area (Å²) in [5, 5.41) is 0. The van der Waals surface area contributed by atoms with Crippen molar-refractivity contribution in [2.24, 2.45) is 0 Å². The van der Waals surface area contributed by atoms with Crippen molar-refractivity contribution in [3.05, 3.63) is 35.4 Å². The van der Waals surface area contributed by atoms with Crippen LogP contribution in [-0.4, -0.2) is 28.4 Å². The standard InChI is InChI=1S/C20H24O4/c1-21-17-9-13-7-5-6-8-14-10-18(22-2)20(24-4)12-16(14)15(13)11-19(17)23-3/h9-12H,5-8H2,1-4H3. The Bertz CT molecular complexity index is 673. The highest BCUT2D eigenvalue weighted by atomic mass is 16.5. The molecule has 1 aliphatic rings. The first kappa shape index (κ1) is 16.5. The van der Waals surface area contributed by atoms with Crippen LogP contribution in [0.1, 0.15) is 24.0 Å². The van der Waals surface area contributed by atoms with Crippen LogP contribution in [0.4, 0.5) is 0 Å². The minimum atomic E-state index is 0.748. The van der Waals surface area contributed by atoms with E-state index in [0.717, 1.165) is 48.7 Å². The quantitative estimate of drug-likeness (QED) is 0.840. The van der Waals surface area contributed by atoms with Crippen LogP contribution in [0.5, 0.6) is 23.0 Å². The second-order valence-corrected chi connectivity index (χ2v) is 5.94. The predicted molar refractivity (Wildman–Crippen MR) is 94.7 cm³/mol. The summed E-state index contributed by atoms with van der Waals surface area (Å²) in [4.78, 5) is 0. The largest absolute Gasteiger partial charge is 0.493 e. The summed E-state index contributed by atoms with van der Waals surface area (Å²) in [6.07, 6.45) is 4.36. The average Bonchev–Trinajstić information content (AvgIpc) is 2.62. The Hall–Kier alpha value is -2.36. The number of ether oxygens (including phenoxy) is 4. The third kappa shape index (κ3) is 2.88. The molecule has 2 aromatic rings. The van der Waals surface area contributed by atoms with Gasteiger partial charge >= 0.3 is 0 Å². The van der Waals surface area contributed by atoms with Crippen LogP contribution in [0.25, 0.3) is 11.1 Å². The first-order valence-corrected chi connectivity index (χ1v) is 8.22. The minimum absolute atomic E-state index is 0.748. The molecule has 24 heavy (non-hydrogen) atoms. The van der Waals surface area contributed by atoms with E-state index in [1.54, 1.807) is 28.4 Å². The summed E-state index contributed by atoms with van der Waals surface area (Å²) < 4.78 is 22.0. The molecule has 128 valence electrons. The van der Waals surface area contributed by atoms with Crippen molar-refractivity contribution < 1.29 is 18.9 Å². The van der Waals surface area contributed by atoms with Gasteiger partial charge in [-0.2, -0.15) is 0 Å². The predicted octanol–water partition coefficient (Wildman–Crippen LogP) is 4.27. The number of benzene rings is 2. The number of hydrogen-bond donors (Lipinski definition) is 0. The fraction of sp³-hybridized carbons (Fsp3) is 0.400. The topological polar surface area (TPSA) is 36.9 Å². The summed E-state index contributed by atoms with van der Waals surface area (Å²) in [6.45, 7) is 0. The zero-order chi connectivity index (χ0) is 17.1. The van der Waals surface area contributed by atoms with Crippen molar-refractivity contribution in [1.82, 2.24) is 0 Å². The van der Waals surface area contributed by atoms with Crippen molar-refractivity contribution >= 4 is 0 Å². The van der Waals surface area contributed by atoms with Crippen LogP contribution in [-0.2, 0) is 12.8 Å². The van der Waals surface area contributed by atoms with Crippen LogP contribution >= 0.6 is 0 Å². The molecule has 0 radical (unpaired) electrons. The van der Waals surface area contributed by atoms with E-state index in [0.29, 0.717) is 0 Å². The second kappa shape index (κ2) is 7.04. The first-order chi connectivity index (χ1) is 11.7. The van der Waals surface area contributed by atoms with Crippen molar-refractivity contribution in [2.45, 2.75) is 25.7 Å². The molecule has 2 aromatic carbocycles. The molecule has 0 amide bonds. The molecule has 0 spiro atoms. The van der Waals surface area contributed by atoms with Gasteiger partial charge in [0, 0.05) is 0 Å². The Morgan fingerprint density at radius 1 is 0.542 bits per heavy atom. The molecule has 0 saturated heterocycles. The third-order valence-corrected chi connectivity index (χ3v) is 4.65. The SMILES string of the molecule is COc1cc2c(cc1OC)-c1cc(OC)c(OC)cc1CCCC2. The summed E-state index contributed by atoms with van der Waals surface area (Å²) >= 11 is 0. The van der Waals surface area contributed by atoms with Crippen LogP contribution in [0.2, 0.25) is 0 Å². The lowest BCUT2D eigenvalue weighted by Crippen LogP contribution is -2.03. The summed E-state index contributed by atoms with van der Waals surface area (Å²) in [5.41, 5.74) is 4.92. The van der Waals surface area contributed by atoms with Crippen LogP contribution in [0.3, 0.4) is 0 Å².